The van der Waals surface area contributed by atoms with Crippen molar-refractivity contribution in [1.82, 2.24) is 15.2 Å². The normalized spacial score (nSPS) is 22.5. The Hall–Kier alpha value is -1.05. The van der Waals surface area contributed by atoms with E-state index >= 15 is 0 Å². The number of aromatic nitrogens is 1. The van der Waals surface area contributed by atoms with Gasteiger partial charge in [0, 0.05) is 46.0 Å². The summed E-state index contributed by atoms with van der Waals surface area (Å²) in [6, 6.07) is 4.38. The van der Waals surface area contributed by atoms with Gasteiger partial charge < -0.3 is 15.1 Å². The quantitative estimate of drug-likeness (QED) is 0.403. The molecule has 1 N–H and O–H groups in total. The van der Waals surface area contributed by atoms with Crippen LogP contribution in [0.2, 0.25) is 0 Å². The number of likely N-dealkylation sites (tertiary alicyclic amines) is 1. The second kappa shape index (κ2) is 8.97. The van der Waals surface area contributed by atoms with Crippen LogP contribution in [0.1, 0.15) is 51.0 Å². The van der Waals surface area contributed by atoms with Crippen LogP contribution in [-0.4, -0.2) is 49.1 Å². The fourth-order valence-corrected chi connectivity index (χ4v) is 4.66. The summed E-state index contributed by atoms with van der Waals surface area (Å²) in [7, 11) is 1.90. The molecule has 27 heavy (non-hydrogen) atoms. The van der Waals surface area contributed by atoms with E-state index in [9.17, 15) is 0 Å². The van der Waals surface area contributed by atoms with Crippen molar-refractivity contribution in [3.8, 4) is 0 Å². The van der Waals surface area contributed by atoms with E-state index in [1.807, 2.05) is 13.2 Å². The van der Waals surface area contributed by atoms with Crippen LogP contribution < -0.4 is 10.2 Å². The lowest BCUT2D eigenvalue weighted by Gasteiger charge is -2.38. The van der Waals surface area contributed by atoms with Crippen LogP contribution in [-0.2, 0) is 6.54 Å². The molecule has 3 heterocycles. The number of nitrogens with zero attached hydrogens (tertiary/aromatic N) is 4. The van der Waals surface area contributed by atoms with Crippen LogP contribution in [0.5, 0.6) is 0 Å². The third-order valence-electron chi connectivity index (χ3n) is 6.73. The maximum atomic E-state index is 4.71. The summed E-state index contributed by atoms with van der Waals surface area (Å²) in [6.07, 6.45) is 10.1. The summed E-state index contributed by atoms with van der Waals surface area (Å²) >= 11 is 0. The molecular weight excluding hydrogens is 449 g/mol. The monoisotopic (exact) mass is 483 g/mol. The Labute approximate surface area is 181 Å². The molecule has 1 aromatic heterocycles. The molecule has 4 rings (SSSR count). The molecule has 150 valence electrons. The molecule has 0 bridgehead atoms. The van der Waals surface area contributed by atoms with Crippen molar-refractivity contribution >= 4 is 35.8 Å². The average molecular weight is 483 g/mol. The van der Waals surface area contributed by atoms with E-state index in [0.717, 1.165) is 43.9 Å². The fraction of sp³-hybridized carbons (Fsp3) is 0.714. The summed E-state index contributed by atoms with van der Waals surface area (Å²) in [5.41, 5.74) is 1.82. The van der Waals surface area contributed by atoms with Gasteiger partial charge in [0.2, 0.25) is 0 Å². The Bertz CT molecular complexity index is 632. The molecule has 0 aromatic carbocycles. The highest BCUT2D eigenvalue weighted by Gasteiger charge is 2.43. The van der Waals surface area contributed by atoms with Gasteiger partial charge in [-0.15, -0.1) is 24.0 Å². The number of anilines is 1. The predicted molar refractivity (Wildman–Crippen MR) is 123 cm³/mol. The van der Waals surface area contributed by atoms with Crippen molar-refractivity contribution in [3.63, 3.8) is 0 Å². The molecule has 1 spiro atoms. The first-order chi connectivity index (χ1) is 12.7. The minimum Gasteiger partial charge on any atom is -0.357 e. The van der Waals surface area contributed by atoms with E-state index in [2.05, 4.69) is 39.2 Å². The first kappa shape index (κ1) is 20.7. The van der Waals surface area contributed by atoms with Crippen LogP contribution >= 0.6 is 24.0 Å². The van der Waals surface area contributed by atoms with Crippen LogP contribution in [0.4, 0.5) is 5.82 Å². The third-order valence-corrected chi connectivity index (χ3v) is 6.73. The molecule has 1 aliphatic carbocycles. The molecule has 0 unspecified atom stereocenters. The highest BCUT2D eigenvalue weighted by molar-refractivity contribution is 14.0. The van der Waals surface area contributed by atoms with Gasteiger partial charge in [0.15, 0.2) is 5.96 Å². The molecule has 3 aliphatic rings. The second-order valence-electron chi connectivity index (χ2n) is 8.62. The van der Waals surface area contributed by atoms with Crippen LogP contribution in [0.15, 0.2) is 23.3 Å². The van der Waals surface area contributed by atoms with E-state index in [1.165, 1.54) is 50.6 Å². The number of nitrogens with one attached hydrogen (secondary N) is 1. The van der Waals surface area contributed by atoms with Gasteiger partial charge in [0.05, 0.1) is 0 Å². The van der Waals surface area contributed by atoms with E-state index in [1.54, 1.807) is 0 Å². The number of rotatable bonds is 3. The Morgan fingerprint density at radius 3 is 2.56 bits per heavy atom. The zero-order valence-electron chi connectivity index (χ0n) is 16.8. The summed E-state index contributed by atoms with van der Waals surface area (Å²) in [6.45, 7) is 7.73. The Balaban J connectivity index is 0.00000210. The van der Waals surface area contributed by atoms with Gasteiger partial charge in [-0.2, -0.15) is 0 Å². The number of hydrogen-bond donors (Lipinski definition) is 1. The number of pyridine rings is 1. The lowest BCUT2D eigenvalue weighted by molar-refractivity contribution is 0.151. The maximum absolute atomic E-state index is 4.71. The zero-order valence-corrected chi connectivity index (χ0v) is 19.1. The van der Waals surface area contributed by atoms with Gasteiger partial charge in [-0.25, -0.2) is 4.98 Å². The van der Waals surface area contributed by atoms with E-state index in [4.69, 9.17) is 4.98 Å². The molecule has 1 aromatic rings. The molecule has 3 fully saturated rings. The fourth-order valence-electron chi connectivity index (χ4n) is 4.66. The molecule has 0 radical (unpaired) electrons. The Kier molecular flexibility index (Phi) is 6.87. The number of piperidine rings is 1. The smallest absolute Gasteiger partial charge is 0.193 e. The topological polar surface area (TPSA) is 43.8 Å². The van der Waals surface area contributed by atoms with Crippen molar-refractivity contribution < 1.29 is 0 Å². The van der Waals surface area contributed by atoms with Gasteiger partial charge in [0.1, 0.15) is 5.82 Å². The summed E-state index contributed by atoms with van der Waals surface area (Å²) in [5, 5.41) is 3.54. The van der Waals surface area contributed by atoms with Crippen molar-refractivity contribution in [2.45, 2.75) is 52.0 Å². The van der Waals surface area contributed by atoms with Gasteiger partial charge in [-0.05, 0) is 55.1 Å². The van der Waals surface area contributed by atoms with Gasteiger partial charge >= 0.3 is 0 Å². The highest BCUT2D eigenvalue weighted by atomic mass is 127. The van der Waals surface area contributed by atoms with Crippen LogP contribution in [0.3, 0.4) is 0 Å². The van der Waals surface area contributed by atoms with Crippen LogP contribution in [0, 0.1) is 11.3 Å². The van der Waals surface area contributed by atoms with Gasteiger partial charge in [-0.3, -0.25) is 4.99 Å². The first-order valence-electron chi connectivity index (χ1n) is 10.3. The van der Waals surface area contributed by atoms with Gasteiger partial charge in [-0.1, -0.05) is 19.4 Å². The molecule has 6 heteroatoms. The minimum atomic E-state index is 0. The lowest BCUT2D eigenvalue weighted by Crippen LogP contribution is -2.42. The molecule has 2 saturated heterocycles. The molecule has 2 aliphatic heterocycles. The SMILES string of the molecule is CN=C(NCc1ccc(N2CCC(C)CC2)nc1)N1CCC2(CCC2)C1.I. The van der Waals surface area contributed by atoms with E-state index in [0.29, 0.717) is 5.41 Å². The number of halogens is 1. The van der Waals surface area contributed by atoms with E-state index < -0.39 is 0 Å². The molecule has 0 atom stereocenters. The first-order valence-corrected chi connectivity index (χ1v) is 10.3. The Morgan fingerprint density at radius 1 is 1.22 bits per heavy atom. The van der Waals surface area contributed by atoms with Gasteiger partial charge in [0.25, 0.3) is 0 Å². The average Bonchev–Trinajstić information content (AvgIpc) is 3.10. The molecule has 0 amide bonds. The number of aliphatic imine (C=N–C) groups is 1. The minimum absolute atomic E-state index is 0. The highest BCUT2D eigenvalue weighted by Crippen LogP contribution is 2.47. The maximum Gasteiger partial charge on any atom is 0.193 e. The Morgan fingerprint density at radius 2 is 2.00 bits per heavy atom. The summed E-state index contributed by atoms with van der Waals surface area (Å²) < 4.78 is 0. The standard InChI is InChI=1S/C21H33N5.HI/c1-17-6-11-25(12-7-17)19-5-4-18(14-23-19)15-24-20(22-2)26-13-10-21(16-26)8-3-9-21;/h4-5,14,17H,3,6-13,15-16H2,1-2H3,(H,22,24);1H. The number of hydrogen-bond acceptors (Lipinski definition) is 3. The van der Waals surface area contributed by atoms with E-state index in [-0.39, 0.29) is 24.0 Å². The number of guanidine groups is 1. The van der Waals surface area contributed by atoms with Crippen molar-refractivity contribution in [3.05, 3.63) is 23.9 Å². The van der Waals surface area contributed by atoms with Crippen molar-refractivity contribution in [1.29, 1.82) is 0 Å². The third kappa shape index (κ3) is 4.69. The van der Waals surface area contributed by atoms with Crippen LogP contribution in [0.25, 0.3) is 0 Å². The molecular formula is C21H34IN5. The zero-order chi connectivity index (χ0) is 18.0. The van der Waals surface area contributed by atoms with Crippen molar-refractivity contribution in [2.75, 3.05) is 38.1 Å². The largest absolute Gasteiger partial charge is 0.357 e. The molecule has 1 saturated carbocycles. The summed E-state index contributed by atoms with van der Waals surface area (Å²) in [5.74, 6) is 3.02. The molecule has 5 nitrogen and oxygen atoms in total. The second-order valence-corrected chi connectivity index (χ2v) is 8.62. The van der Waals surface area contributed by atoms with Crippen molar-refractivity contribution in [2.24, 2.45) is 16.3 Å². The lowest BCUT2D eigenvalue weighted by atomic mass is 9.68. The predicted octanol–water partition coefficient (Wildman–Crippen LogP) is 3.89. The summed E-state index contributed by atoms with van der Waals surface area (Å²) in [4.78, 5) is 14.1.